The van der Waals surface area contributed by atoms with Gasteiger partial charge in [0.25, 0.3) is 5.69 Å². The van der Waals surface area contributed by atoms with Crippen LogP contribution in [0.5, 0.6) is 0 Å². The standard InChI is InChI=1S/C12H15N5O2S/c1-7-6-14-12(20-7)8(2)15-11-5-9(17(18)19)4-10(13-3)16-11/h4-6,8H,1-3H3,(H2,13,15,16). The molecule has 8 heteroatoms. The maximum absolute atomic E-state index is 10.9. The van der Waals surface area contributed by atoms with Gasteiger partial charge in [-0.25, -0.2) is 9.97 Å². The molecule has 0 aromatic carbocycles. The lowest BCUT2D eigenvalue weighted by molar-refractivity contribution is -0.384. The van der Waals surface area contributed by atoms with Gasteiger partial charge in [0.15, 0.2) is 0 Å². The number of pyridine rings is 1. The molecule has 2 heterocycles. The first kappa shape index (κ1) is 14.2. The van der Waals surface area contributed by atoms with Gasteiger partial charge in [-0.15, -0.1) is 11.3 Å². The Hall–Kier alpha value is -2.22. The van der Waals surface area contributed by atoms with E-state index in [1.54, 1.807) is 24.6 Å². The van der Waals surface area contributed by atoms with E-state index in [4.69, 9.17) is 0 Å². The number of hydrogen-bond donors (Lipinski definition) is 2. The van der Waals surface area contributed by atoms with E-state index < -0.39 is 4.92 Å². The molecular weight excluding hydrogens is 278 g/mol. The molecule has 2 rings (SSSR count). The Balaban J connectivity index is 2.24. The zero-order chi connectivity index (χ0) is 14.7. The van der Waals surface area contributed by atoms with Gasteiger partial charge in [0.2, 0.25) is 0 Å². The highest BCUT2D eigenvalue weighted by molar-refractivity contribution is 7.11. The summed E-state index contributed by atoms with van der Waals surface area (Å²) >= 11 is 1.58. The SMILES string of the molecule is CNc1cc([N+](=O)[O-])cc(NC(C)c2ncc(C)s2)n1. The first-order chi connectivity index (χ1) is 9.49. The summed E-state index contributed by atoms with van der Waals surface area (Å²) in [6, 6.07) is 2.74. The van der Waals surface area contributed by atoms with Crippen LogP contribution in [-0.4, -0.2) is 21.9 Å². The van der Waals surface area contributed by atoms with E-state index in [-0.39, 0.29) is 11.7 Å². The summed E-state index contributed by atoms with van der Waals surface area (Å²) in [6.07, 6.45) is 1.80. The Kier molecular flexibility index (Phi) is 4.14. The van der Waals surface area contributed by atoms with Crippen LogP contribution in [0.15, 0.2) is 18.3 Å². The number of hydrogen-bond acceptors (Lipinski definition) is 7. The quantitative estimate of drug-likeness (QED) is 0.650. The van der Waals surface area contributed by atoms with E-state index in [0.29, 0.717) is 11.6 Å². The van der Waals surface area contributed by atoms with Crippen LogP contribution in [0.3, 0.4) is 0 Å². The molecular formula is C12H15N5O2S. The van der Waals surface area contributed by atoms with E-state index >= 15 is 0 Å². The van der Waals surface area contributed by atoms with Gasteiger partial charge in [-0.2, -0.15) is 0 Å². The lowest BCUT2D eigenvalue weighted by atomic mass is 10.3. The summed E-state index contributed by atoms with van der Waals surface area (Å²) in [6.45, 7) is 3.93. The molecule has 0 saturated heterocycles. The van der Waals surface area contributed by atoms with Gasteiger partial charge < -0.3 is 10.6 Å². The highest BCUT2D eigenvalue weighted by atomic mass is 32.1. The molecule has 0 aliphatic carbocycles. The second kappa shape index (κ2) is 5.83. The summed E-state index contributed by atoms with van der Waals surface area (Å²) in [5.41, 5.74) is -0.00521. The molecule has 0 spiro atoms. The molecule has 106 valence electrons. The topological polar surface area (TPSA) is 93.0 Å². The van der Waals surface area contributed by atoms with Crippen molar-refractivity contribution >= 4 is 28.7 Å². The highest BCUT2D eigenvalue weighted by Crippen LogP contribution is 2.25. The maximum atomic E-state index is 10.9. The Labute approximate surface area is 120 Å². The van der Waals surface area contributed by atoms with Crippen LogP contribution in [0.4, 0.5) is 17.3 Å². The molecule has 7 nitrogen and oxygen atoms in total. The Bertz CT molecular complexity index is 628. The van der Waals surface area contributed by atoms with Crippen molar-refractivity contribution in [3.8, 4) is 0 Å². The molecule has 0 aliphatic heterocycles. The number of thiazole rings is 1. The average molecular weight is 293 g/mol. The van der Waals surface area contributed by atoms with Gasteiger partial charge in [-0.05, 0) is 13.8 Å². The van der Waals surface area contributed by atoms with Gasteiger partial charge in [-0.1, -0.05) is 0 Å². The molecule has 20 heavy (non-hydrogen) atoms. The minimum atomic E-state index is -0.439. The summed E-state index contributed by atoms with van der Waals surface area (Å²) in [5.74, 6) is 0.896. The normalized spacial score (nSPS) is 11.9. The van der Waals surface area contributed by atoms with Crippen LogP contribution in [-0.2, 0) is 0 Å². The fourth-order valence-corrected chi connectivity index (χ4v) is 2.46. The van der Waals surface area contributed by atoms with Gasteiger partial charge in [-0.3, -0.25) is 10.1 Å². The van der Waals surface area contributed by atoms with E-state index in [2.05, 4.69) is 20.6 Å². The number of nitro groups is 1. The molecule has 0 aliphatic rings. The van der Waals surface area contributed by atoms with Crippen LogP contribution >= 0.6 is 11.3 Å². The molecule has 2 aromatic heterocycles. The van der Waals surface area contributed by atoms with Crippen LogP contribution < -0.4 is 10.6 Å². The molecule has 2 aromatic rings. The van der Waals surface area contributed by atoms with Crippen LogP contribution in [0.25, 0.3) is 0 Å². The van der Waals surface area contributed by atoms with Gasteiger partial charge in [0.05, 0.1) is 23.1 Å². The third-order valence-corrected chi connectivity index (χ3v) is 3.75. The van der Waals surface area contributed by atoms with Crippen molar-refractivity contribution < 1.29 is 4.92 Å². The van der Waals surface area contributed by atoms with Crippen molar-refractivity contribution in [1.29, 1.82) is 0 Å². The van der Waals surface area contributed by atoms with Gasteiger partial charge in [0, 0.05) is 18.1 Å². The zero-order valence-corrected chi connectivity index (χ0v) is 12.2. The summed E-state index contributed by atoms with van der Waals surface area (Å²) in [4.78, 5) is 20.1. The molecule has 1 atom stereocenters. The second-order valence-electron chi connectivity index (χ2n) is 4.28. The fourth-order valence-electron chi connectivity index (χ4n) is 1.68. The van der Waals surface area contributed by atoms with Crippen LogP contribution in [0, 0.1) is 17.0 Å². The summed E-state index contributed by atoms with van der Waals surface area (Å²) in [5, 5.41) is 17.8. The minimum absolute atomic E-state index is 0.00521. The third kappa shape index (κ3) is 3.21. The number of aryl methyl sites for hydroxylation is 1. The van der Waals surface area contributed by atoms with Gasteiger partial charge >= 0.3 is 0 Å². The molecule has 0 fully saturated rings. The minimum Gasteiger partial charge on any atom is -0.373 e. The smallest absolute Gasteiger partial charge is 0.276 e. The fraction of sp³-hybridized carbons (Fsp3) is 0.333. The average Bonchev–Trinajstić information content (AvgIpc) is 2.85. The van der Waals surface area contributed by atoms with Crippen molar-refractivity contribution in [2.75, 3.05) is 17.7 Å². The first-order valence-corrected chi connectivity index (χ1v) is 6.84. The molecule has 0 bridgehead atoms. The predicted molar refractivity (Wildman–Crippen MR) is 79.3 cm³/mol. The Morgan fingerprint density at radius 1 is 1.40 bits per heavy atom. The van der Waals surface area contributed by atoms with E-state index in [1.165, 1.54) is 12.1 Å². The number of anilines is 2. The van der Waals surface area contributed by atoms with Crippen molar-refractivity contribution in [1.82, 2.24) is 9.97 Å². The summed E-state index contributed by atoms with van der Waals surface area (Å²) < 4.78 is 0. The van der Waals surface area contributed by atoms with E-state index in [9.17, 15) is 10.1 Å². The molecule has 0 amide bonds. The van der Waals surface area contributed by atoms with E-state index in [0.717, 1.165) is 9.88 Å². The molecule has 1 unspecified atom stereocenters. The zero-order valence-electron chi connectivity index (χ0n) is 11.4. The van der Waals surface area contributed by atoms with Crippen molar-refractivity contribution in [3.05, 3.63) is 38.3 Å². The van der Waals surface area contributed by atoms with Crippen molar-refractivity contribution in [3.63, 3.8) is 0 Å². The maximum Gasteiger partial charge on any atom is 0.276 e. The molecule has 2 N–H and O–H groups in total. The number of aromatic nitrogens is 2. The number of nitrogens with one attached hydrogen (secondary N) is 2. The van der Waals surface area contributed by atoms with Gasteiger partial charge in [0.1, 0.15) is 16.6 Å². The van der Waals surface area contributed by atoms with Crippen molar-refractivity contribution in [2.24, 2.45) is 0 Å². The Morgan fingerprint density at radius 2 is 2.10 bits per heavy atom. The molecule has 0 saturated carbocycles. The second-order valence-corrected chi connectivity index (χ2v) is 5.54. The lowest BCUT2D eigenvalue weighted by Crippen LogP contribution is -2.09. The summed E-state index contributed by atoms with van der Waals surface area (Å²) in [7, 11) is 1.67. The van der Waals surface area contributed by atoms with Crippen LogP contribution in [0.2, 0.25) is 0 Å². The van der Waals surface area contributed by atoms with Crippen LogP contribution in [0.1, 0.15) is 22.9 Å². The molecule has 0 radical (unpaired) electrons. The predicted octanol–water partition coefficient (Wildman–Crippen LogP) is 2.97. The monoisotopic (exact) mass is 293 g/mol. The van der Waals surface area contributed by atoms with E-state index in [1.807, 2.05) is 13.8 Å². The largest absolute Gasteiger partial charge is 0.373 e. The third-order valence-electron chi connectivity index (χ3n) is 2.65. The first-order valence-electron chi connectivity index (χ1n) is 6.02. The highest BCUT2D eigenvalue weighted by Gasteiger charge is 2.14. The Morgan fingerprint density at radius 3 is 2.65 bits per heavy atom. The number of nitrogens with zero attached hydrogens (tertiary/aromatic N) is 3. The lowest BCUT2D eigenvalue weighted by Gasteiger charge is -2.12. The number of rotatable bonds is 5. The van der Waals surface area contributed by atoms with Crippen molar-refractivity contribution in [2.45, 2.75) is 19.9 Å².